The molecule has 6 nitrogen and oxygen atoms in total. The van der Waals surface area contributed by atoms with Crippen molar-refractivity contribution in [3.8, 4) is 0 Å². The maximum absolute atomic E-state index is 12.7. The minimum absolute atomic E-state index is 0.228. The predicted molar refractivity (Wildman–Crippen MR) is 74.8 cm³/mol. The Kier molecular flexibility index (Phi) is 3.21. The molecule has 2 N–H and O–H groups in total. The van der Waals surface area contributed by atoms with Crippen LogP contribution in [-0.2, 0) is 17.8 Å². The lowest BCUT2D eigenvalue weighted by Crippen LogP contribution is -2.48. The van der Waals surface area contributed by atoms with Crippen LogP contribution in [0.25, 0.3) is 0 Å². The second-order valence-corrected chi connectivity index (χ2v) is 5.13. The van der Waals surface area contributed by atoms with Gasteiger partial charge >= 0.3 is 5.97 Å². The van der Waals surface area contributed by atoms with E-state index in [1.165, 1.54) is 11.2 Å². The zero-order valence-electron chi connectivity index (χ0n) is 11.5. The number of aromatic nitrogens is 2. The summed E-state index contributed by atoms with van der Waals surface area (Å²) in [6.45, 7) is 2.08. The molecule has 0 saturated carbocycles. The van der Waals surface area contributed by atoms with Gasteiger partial charge in [-0.1, -0.05) is 18.2 Å². The second-order valence-electron chi connectivity index (χ2n) is 5.13. The molecule has 21 heavy (non-hydrogen) atoms. The molecule has 0 aliphatic carbocycles. The largest absolute Gasteiger partial charge is 0.480 e. The number of aromatic amines is 1. The Labute approximate surface area is 121 Å². The maximum atomic E-state index is 12.7. The van der Waals surface area contributed by atoms with Crippen molar-refractivity contribution < 1.29 is 14.7 Å². The van der Waals surface area contributed by atoms with E-state index in [1.807, 2.05) is 19.1 Å². The van der Waals surface area contributed by atoms with Gasteiger partial charge in [0.05, 0.1) is 24.3 Å². The summed E-state index contributed by atoms with van der Waals surface area (Å²) < 4.78 is 0. The molecule has 1 aliphatic heterocycles. The molecule has 0 saturated heterocycles. The summed E-state index contributed by atoms with van der Waals surface area (Å²) in [7, 11) is 0. The number of carbonyl (C=O) groups is 2. The Bertz CT molecular complexity index is 708. The van der Waals surface area contributed by atoms with Crippen LogP contribution < -0.4 is 0 Å². The van der Waals surface area contributed by atoms with Crippen molar-refractivity contribution in [2.45, 2.75) is 25.9 Å². The molecule has 1 amide bonds. The minimum atomic E-state index is -1.01. The number of rotatable bonds is 2. The van der Waals surface area contributed by atoms with E-state index in [0.29, 0.717) is 5.56 Å². The molecule has 3 rings (SSSR count). The lowest BCUT2D eigenvalue weighted by atomic mass is 10.00. The molecule has 2 heterocycles. The van der Waals surface area contributed by atoms with Crippen LogP contribution in [0, 0.1) is 6.92 Å². The van der Waals surface area contributed by atoms with Crippen molar-refractivity contribution in [2.75, 3.05) is 0 Å². The predicted octanol–water partition coefficient (Wildman–Crippen LogP) is 1.37. The lowest BCUT2D eigenvalue weighted by molar-refractivity contribution is -0.142. The van der Waals surface area contributed by atoms with Crippen molar-refractivity contribution in [1.82, 2.24) is 14.9 Å². The molecule has 1 aromatic carbocycles. The molecule has 0 bridgehead atoms. The Morgan fingerprint density at radius 1 is 1.38 bits per heavy atom. The molecule has 1 atom stereocenters. The number of carboxylic acids is 1. The highest BCUT2D eigenvalue weighted by Crippen LogP contribution is 2.23. The zero-order valence-corrected chi connectivity index (χ0v) is 11.5. The van der Waals surface area contributed by atoms with Crippen molar-refractivity contribution in [3.63, 3.8) is 0 Å². The summed E-state index contributed by atoms with van der Waals surface area (Å²) in [5, 5.41) is 9.40. The fraction of sp³-hybridized carbons (Fsp3) is 0.267. The summed E-state index contributed by atoms with van der Waals surface area (Å²) in [6.07, 6.45) is 1.76. The molecular weight excluding hydrogens is 270 g/mol. The Morgan fingerprint density at radius 2 is 2.14 bits per heavy atom. The van der Waals surface area contributed by atoms with Gasteiger partial charge in [-0.05, 0) is 18.6 Å². The normalized spacial score (nSPS) is 17.4. The van der Waals surface area contributed by atoms with Gasteiger partial charge in [0.1, 0.15) is 6.04 Å². The maximum Gasteiger partial charge on any atom is 0.326 e. The van der Waals surface area contributed by atoms with E-state index in [2.05, 4.69) is 9.97 Å². The second kappa shape index (κ2) is 5.05. The van der Waals surface area contributed by atoms with Crippen LogP contribution in [0.15, 0.2) is 30.6 Å². The summed E-state index contributed by atoms with van der Waals surface area (Å²) in [5.41, 5.74) is 2.89. The van der Waals surface area contributed by atoms with Crippen LogP contribution in [0.5, 0.6) is 0 Å². The van der Waals surface area contributed by atoms with E-state index < -0.39 is 12.0 Å². The highest BCUT2D eigenvalue weighted by atomic mass is 16.4. The third-order valence-corrected chi connectivity index (χ3v) is 3.82. The van der Waals surface area contributed by atoms with Crippen LogP contribution in [0.3, 0.4) is 0 Å². The van der Waals surface area contributed by atoms with Gasteiger partial charge in [-0.3, -0.25) is 4.79 Å². The highest BCUT2D eigenvalue weighted by molar-refractivity contribution is 5.98. The summed E-state index contributed by atoms with van der Waals surface area (Å²) >= 11 is 0. The quantitative estimate of drug-likeness (QED) is 0.872. The van der Waals surface area contributed by atoms with Gasteiger partial charge in [-0.15, -0.1) is 0 Å². The molecule has 0 fully saturated rings. The molecule has 2 aromatic rings. The first kappa shape index (κ1) is 13.4. The zero-order chi connectivity index (χ0) is 15.0. The molecule has 0 radical (unpaired) electrons. The van der Waals surface area contributed by atoms with Crippen molar-refractivity contribution in [3.05, 3.63) is 53.1 Å². The van der Waals surface area contributed by atoms with E-state index in [1.54, 1.807) is 12.1 Å². The number of nitrogens with one attached hydrogen (secondary N) is 1. The standard InChI is InChI=1S/C15H15N3O3/c1-9-4-2-3-5-10(9)14(19)18-7-12-11(16-8-17-12)6-13(18)15(20)21/h2-5,8,13H,6-7H2,1H3,(H,16,17)(H,20,21). The van der Waals surface area contributed by atoms with E-state index in [0.717, 1.165) is 17.0 Å². The monoisotopic (exact) mass is 285 g/mol. The Balaban J connectivity index is 1.98. The first-order valence-electron chi connectivity index (χ1n) is 6.68. The van der Waals surface area contributed by atoms with Crippen LogP contribution in [0.1, 0.15) is 27.3 Å². The smallest absolute Gasteiger partial charge is 0.326 e. The number of imidazole rings is 1. The number of aryl methyl sites for hydroxylation is 1. The Morgan fingerprint density at radius 3 is 2.86 bits per heavy atom. The molecule has 6 heteroatoms. The molecule has 1 unspecified atom stereocenters. The number of amides is 1. The third-order valence-electron chi connectivity index (χ3n) is 3.82. The number of nitrogens with zero attached hydrogens (tertiary/aromatic N) is 2. The summed E-state index contributed by atoms with van der Waals surface area (Å²) in [6, 6.07) is 6.31. The average Bonchev–Trinajstić information content (AvgIpc) is 2.93. The van der Waals surface area contributed by atoms with E-state index >= 15 is 0 Å². The number of H-pyrrole nitrogens is 1. The minimum Gasteiger partial charge on any atom is -0.480 e. The fourth-order valence-corrected chi connectivity index (χ4v) is 2.64. The molecular formula is C15H15N3O3. The third kappa shape index (κ3) is 2.29. The summed E-state index contributed by atoms with van der Waals surface area (Å²) in [4.78, 5) is 32.7. The van der Waals surface area contributed by atoms with Gasteiger partial charge in [0.25, 0.3) is 5.91 Å². The van der Waals surface area contributed by atoms with Gasteiger partial charge in [0, 0.05) is 12.0 Å². The number of fused-ring (bicyclic) bond motifs is 1. The van der Waals surface area contributed by atoms with Crippen molar-refractivity contribution in [1.29, 1.82) is 0 Å². The first-order chi connectivity index (χ1) is 10.1. The number of carbonyl (C=O) groups excluding carboxylic acids is 1. The lowest BCUT2D eigenvalue weighted by Gasteiger charge is -2.32. The van der Waals surface area contributed by atoms with Gasteiger partial charge in [0.15, 0.2) is 0 Å². The molecule has 1 aromatic heterocycles. The van der Waals surface area contributed by atoms with Crippen molar-refractivity contribution >= 4 is 11.9 Å². The van der Waals surface area contributed by atoms with Gasteiger partial charge in [0.2, 0.25) is 0 Å². The van der Waals surface area contributed by atoms with Crippen LogP contribution in [-0.4, -0.2) is 37.9 Å². The van der Waals surface area contributed by atoms with Crippen molar-refractivity contribution in [2.24, 2.45) is 0 Å². The average molecular weight is 285 g/mol. The van der Waals surface area contributed by atoms with Crippen LogP contribution >= 0.6 is 0 Å². The highest BCUT2D eigenvalue weighted by Gasteiger charge is 2.36. The number of aliphatic carboxylic acids is 1. The summed E-state index contributed by atoms with van der Waals surface area (Å²) in [5.74, 6) is -1.27. The van der Waals surface area contributed by atoms with E-state index in [-0.39, 0.29) is 18.9 Å². The first-order valence-corrected chi connectivity index (χ1v) is 6.68. The van der Waals surface area contributed by atoms with Crippen LogP contribution in [0.4, 0.5) is 0 Å². The Hall–Kier alpha value is -2.63. The molecule has 0 spiro atoms. The van der Waals surface area contributed by atoms with Gasteiger partial charge in [-0.25, -0.2) is 9.78 Å². The number of carboxylic acid groups (broad SMARTS) is 1. The topological polar surface area (TPSA) is 86.3 Å². The van der Waals surface area contributed by atoms with Gasteiger partial charge in [-0.2, -0.15) is 0 Å². The molecule has 108 valence electrons. The number of hydrogen-bond donors (Lipinski definition) is 2. The number of hydrogen-bond acceptors (Lipinski definition) is 3. The fourth-order valence-electron chi connectivity index (χ4n) is 2.64. The SMILES string of the molecule is Cc1ccccc1C(=O)N1Cc2[nH]cnc2CC1C(=O)O. The van der Waals surface area contributed by atoms with Gasteiger partial charge < -0.3 is 15.0 Å². The van der Waals surface area contributed by atoms with E-state index in [4.69, 9.17) is 0 Å². The van der Waals surface area contributed by atoms with Crippen LogP contribution in [0.2, 0.25) is 0 Å². The molecule has 1 aliphatic rings. The number of benzene rings is 1. The van der Waals surface area contributed by atoms with E-state index in [9.17, 15) is 14.7 Å².